The molecule has 0 saturated carbocycles. The number of urea groups is 1. The van der Waals surface area contributed by atoms with E-state index in [9.17, 15) is 9.59 Å². The molecule has 0 unspecified atom stereocenters. The number of carbonyl (C=O) groups is 2. The van der Waals surface area contributed by atoms with Crippen LogP contribution < -0.4 is 5.32 Å². The molecule has 3 amide bonds. The van der Waals surface area contributed by atoms with Crippen LogP contribution in [0.4, 0.5) is 4.79 Å². The van der Waals surface area contributed by atoms with Gasteiger partial charge in [-0.05, 0) is 36.8 Å². The number of imide groups is 1. The van der Waals surface area contributed by atoms with Crippen molar-refractivity contribution in [1.82, 2.24) is 15.2 Å². The summed E-state index contributed by atoms with van der Waals surface area (Å²) >= 11 is 1.47. The molecule has 7 heteroatoms. The zero-order valence-electron chi connectivity index (χ0n) is 13.9. The predicted octanol–water partition coefficient (Wildman–Crippen LogP) is 3.14. The summed E-state index contributed by atoms with van der Waals surface area (Å²) < 4.78 is 1.02. The van der Waals surface area contributed by atoms with Crippen molar-refractivity contribution in [1.29, 1.82) is 5.26 Å². The molecule has 0 bridgehead atoms. The lowest BCUT2D eigenvalue weighted by Crippen LogP contribution is -2.40. The Labute approximate surface area is 153 Å². The lowest BCUT2D eigenvalue weighted by molar-refractivity contribution is -0.131. The van der Waals surface area contributed by atoms with Gasteiger partial charge in [-0.15, -0.1) is 11.3 Å². The van der Waals surface area contributed by atoms with Gasteiger partial charge in [-0.1, -0.05) is 24.3 Å². The van der Waals surface area contributed by atoms with Gasteiger partial charge in [0.1, 0.15) is 10.5 Å². The molecule has 1 saturated heterocycles. The average molecular weight is 362 g/mol. The summed E-state index contributed by atoms with van der Waals surface area (Å²) in [6, 6.07) is 16.0. The summed E-state index contributed by atoms with van der Waals surface area (Å²) in [6.07, 6.45) is 0. The van der Waals surface area contributed by atoms with Gasteiger partial charge >= 0.3 is 6.03 Å². The van der Waals surface area contributed by atoms with E-state index < -0.39 is 11.6 Å². The van der Waals surface area contributed by atoms with Crippen molar-refractivity contribution < 1.29 is 9.59 Å². The number of benzene rings is 2. The van der Waals surface area contributed by atoms with Crippen LogP contribution in [0.5, 0.6) is 0 Å². The second-order valence-corrected chi connectivity index (χ2v) is 7.33. The average Bonchev–Trinajstić information content (AvgIpc) is 3.16. The van der Waals surface area contributed by atoms with Crippen molar-refractivity contribution in [3.8, 4) is 6.07 Å². The molecule has 26 heavy (non-hydrogen) atoms. The van der Waals surface area contributed by atoms with Crippen LogP contribution in [0, 0.1) is 11.3 Å². The van der Waals surface area contributed by atoms with E-state index in [2.05, 4.69) is 10.3 Å². The molecule has 1 atom stereocenters. The number of fused-ring (bicyclic) bond motifs is 1. The number of thiazole rings is 1. The lowest BCUT2D eigenvalue weighted by Gasteiger charge is -2.22. The molecule has 2 heterocycles. The summed E-state index contributed by atoms with van der Waals surface area (Å²) in [4.78, 5) is 31.1. The first-order valence-corrected chi connectivity index (χ1v) is 8.82. The smallest absolute Gasteiger partial charge is 0.319 e. The van der Waals surface area contributed by atoms with E-state index in [4.69, 9.17) is 5.26 Å². The minimum absolute atomic E-state index is 0.135. The third-order valence-electron chi connectivity index (χ3n) is 4.50. The molecular formula is C19H14N4O2S. The van der Waals surface area contributed by atoms with Crippen molar-refractivity contribution in [3.63, 3.8) is 0 Å². The Balaban J connectivity index is 1.63. The summed E-state index contributed by atoms with van der Waals surface area (Å²) in [5.74, 6) is -0.327. The summed E-state index contributed by atoms with van der Waals surface area (Å²) in [7, 11) is 0. The summed E-state index contributed by atoms with van der Waals surface area (Å²) in [5.41, 5.74) is 0.846. The normalized spacial score (nSPS) is 19.6. The minimum Gasteiger partial charge on any atom is -0.319 e. The number of hydrogen-bond acceptors (Lipinski definition) is 5. The Hall–Kier alpha value is -3.24. The SMILES string of the molecule is C[C@]1(c2ccc(C#N)cc2)NC(=O)N(Cc2nc3ccccc3s2)C1=O. The van der Waals surface area contributed by atoms with Gasteiger partial charge in [0.05, 0.1) is 28.4 Å². The molecule has 3 aromatic rings. The van der Waals surface area contributed by atoms with Crippen molar-refractivity contribution in [2.24, 2.45) is 0 Å². The highest BCUT2D eigenvalue weighted by Crippen LogP contribution is 2.31. The van der Waals surface area contributed by atoms with Gasteiger partial charge in [0, 0.05) is 0 Å². The van der Waals surface area contributed by atoms with E-state index in [1.165, 1.54) is 16.2 Å². The number of amides is 3. The van der Waals surface area contributed by atoms with Crippen LogP contribution in [0.1, 0.15) is 23.1 Å². The Morgan fingerprint density at radius 3 is 2.62 bits per heavy atom. The van der Waals surface area contributed by atoms with E-state index in [1.54, 1.807) is 31.2 Å². The highest BCUT2D eigenvalue weighted by molar-refractivity contribution is 7.18. The van der Waals surface area contributed by atoms with Gasteiger partial charge in [0.2, 0.25) is 0 Å². The molecule has 1 aliphatic rings. The van der Waals surface area contributed by atoms with Crippen LogP contribution in [0.2, 0.25) is 0 Å². The van der Waals surface area contributed by atoms with Crippen LogP contribution >= 0.6 is 11.3 Å². The second kappa shape index (κ2) is 5.93. The minimum atomic E-state index is -1.15. The Kier molecular flexibility index (Phi) is 3.71. The molecule has 0 spiro atoms. The number of carbonyl (C=O) groups excluding carboxylic acids is 2. The quantitative estimate of drug-likeness (QED) is 0.725. The highest BCUT2D eigenvalue weighted by Gasteiger charge is 2.49. The first-order chi connectivity index (χ1) is 12.5. The highest BCUT2D eigenvalue weighted by atomic mass is 32.1. The van der Waals surface area contributed by atoms with E-state index in [-0.39, 0.29) is 12.5 Å². The van der Waals surface area contributed by atoms with Crippen LogP contribution in [-0.2, 0) is 16.9 Å². The van der Waals surface area contributed by atoms with Crippen molar-refractivity contribution >= 4 is 33.5 Å². The van der Waals surface area contributed by atoms with Gasteiger partial charge in [0.15, 0.2) is 0 Å². The Bertz CT molecular complexity index is 1030. The van der Waals surface area contributed by atoms with E-state index in [1.807, 2.05) is 30.3 Å². The van der Waals surface area contributed by atoms with Gasteiger partial charge < -0.3 is 5.32 Å². The van der Waals surface area contributed by atoms with Gasteiger partial charge in [-0.3, -0.25) is 9.69 Å². The maximum absolute atomic E-state index is 13.0. The number of aromatic nitrogens is 1. The van der Waals surface area contributed by atoms with Crippen molar-refractivity contribution in [3.05, 3.63) is 64.7 Å². The number of rotatable bonds is 3. The number of hydrogen-bond donors (Lipinski definition) is 1. The van der Waals surface area contributed by atoms with Crippen LogP contribution in [0.3, 0.4) is 0 Å². The van der Waals surface area contributed by atoms with E-state index in [0.29, 0.717) is 16.1 Å². The first kappa shape index (κ1) is 16.2. The van der Waals surface area contributed by atoms with Crippen LogP contribution in [0.15, 0.2) is 48.5 Å². The summed E-state index contributed by atoms with van der Waals surface area (Å²) in [5, 5.41) is 12.4. The molecule has 0 radical (unpaired) electrons. The molecular weight excluding hydrogens is 348 g/mol. The van der Waals surface area contributed by atoms with Crippen LogP contribution in [0.25, 0.3) is 10.2 Å². The van der Waals surface area contributed by atoms with E-state index >= 15 is 0 Å². The monoisotopic (exact) mass is 362 g/mol. The Morgan fingerprint density at radius 2 is 1.92 bits per heavy atom. The number of nitriles is 1. The number of para-hydroxylation sites is 1. The maximum Gasteiger partial charge on any atom is 0.325 e. The molecule has 1 aliphatic heterocycles. The molecule has 0 aliphatic carbocycles. The largest absolute Gasteiger partial charge is 0.325 e. The van der Waals surface area contributed by atoms with E-state index in [0.717, 1.165) is 10.2 Å². The molecule has 6 nitrogen and oxygen atoms in total. The fourth-order valence-electron chi connectivity index (χ4n) is 3.04. The third kappa shape index (κ3) is 2.52. The number of nitrogens with zero attached hydrogens (tertiary/aromatic N) is 3. The molecule has 4 rings (SSSR count). The fourth-order valence-corrected chi connectivity index (χ4v) is 3.99. The second-order valence-electron chi connectivity index (χ2n) is 6.21. The fraction of sp³-hybridized carbons (Fsp3) is 0.158. The zero-order valence-corrected chi connectivity index (χ0v) is 14.7. The van der Waals surface area contributed by atoms with Gasteiger partial charge in [-0.2, -0.15) is 5.26 Å². The topological polar surface area (TPSA) is 86.1 Å². The molecule has 1 aromatic heterocycles. The first-order valence-electron chi connectivity index (χ1n) is 8.00. The molecule has 2 aromatic carbocycles. The van der Waals surface area contributed by atoms with Crippen molar-refractivity contribution in [2.45, 2.75) is 19.0 Å². The predicted molar refractivity (Wildman–Crippen MR) is 97.2 cm³/mol. The third-order valence-corrected chi connectivity index (χ3v) is 5.52. The van der Waals surface area contributed by atoms with Crippen LogP contribution in [-0.4, -0.2) is 21.8 Å². The van der Waals surface area contributed by atoms with Gasteiger partial charge in [0.25, 0.3) is 5.91 Å². The molecule has 128 valence electrons. The van der Waals surface area contributed by atoms with Gasteiger partial charge in [-0.25, -0.2) is 9.78 Å². The molecule has 1 fully saturated rings. The summed E-state index contributed by atoms with van der Waals surface area (Å²) in [6.45, 7) is 1.81. The zero-order chi connectivity index (χ0) is 18.3. The lowest BCUT2D eigenvalue weighted by atomic mass is 9.91. The number of nitrogens with one attached hydrogen (secondary N) is 1. The maximum atomic E-state index is 13.0. The standard InChI is InChI=1S/C19H14N4O2S/c1-19(13-8-6-12(10-20)7-9-13)17(24)23(18(25)22-19)11-16-21-14-4-2-3-5-15(14)26-16/h2-9H,11H2,1H3,(H,22,25)/t19-/m1/s1. The molecule has 1 N–H and O–H groups in total. The Morgan fingerprint density at radius 1 is 1.19 bits per heavy atom. The van der Waals surface area contributed by atoms with Crippen molar-refractivity contribution in [2.75, 3.05) is 0 Å².